The van der Waals surface area contributed by atoms with Crippen LogP contribution in [0.25, 0.3) is 11.8 Å². The van der Waals surface area contributed by atoms with Crippen LogP contribution in [0.1, 0.15) is 23.9 Å². The number of thioether (sulfide) groups is 1. The van der Waals surface area contributed by atoms with Crippen molar-refractivity contribution in [3.05, 3.63) is 90.0 Å². The highest BCUT2D eigenvalue weighted by molar-refractivity contribution is 9.10. The van der Waals surface area contributed by atoms with Crippen molar-refractivity contribution in [2.75, 3.05) is 6.54 Å². The molecule has 174 valence electrons. The van der Waals surface area contributed by atoms with Crippen molar-refractivity contribution < 1.29 is 9.72 Å². The van der Waals surface area contributed by atoms with Gasteiger partial charge in [-0.1, -0.05) is 11.6 Å². The lowest BCUT2D eigenvalue weighted by Gasteiger charge is -2.12. The first kappa shape index (κ1) is 24.3. The van der Waals surface area contributed by atoms with Gasteiger partial charge < -0.3 is 4.57 Å². The molecule has 0 saturated carbocycles. The molecular formula is C24H20BrClN4O3S. The fraction of sp³-hybridized carbons (Fsp3) is 0.167. The number of nitro benzene ring substituents is 1. The van der Waals surface area contributed by atoms with Crippen LogP contribution >= 0.6 is 39.3 Å². The monoisotopic (exact) mass is 558 g/mol. The average molecular weight is 560 g/mol. The smallest absolute Gasteiger partial charge is 0.269 e. The number of aromatic nitrogens is 1. The zero-order valence-corrected chi connectivity index (χ0v) is 21.7. The molecule has 1 aromatic heterocycles. The summed E-state index contributed by atoms with van der Waals surface area (Å²) in [6.45, 7) is 6.32. The summed E-state index contributed by atoms with van der Waals surface area (Å²) in [6.07, 6.45) is 1.87. The normalized spacial score (nSPS) is 16.1. The summed E-state index contributed by atoms with van der Waals surface area (Å²) in [6, 6.07) is 13.8. The molecule has 7 nitrogen and oxygen atoms in total. The van der Waals surface area contributed by atoms with Crippen molar-refractivity contribution in [2.24, 2.45) is 4.99 Å². The van der Waals surface area contributed by atoms with Crippen LogP contribution in [0.5, 0.6) is 0 Å². The fourth-order valence-corrected chi connectivity index (χ4v) is 5.21. The van der Waals surface area contributed by atoms with Crippen molar-refractivity contribution in [1.82, 2.24) is 9.47 Å². The van der Waals surface area contributed by atoms with Crippen LogP contribution in [-0.4, -0.2) is 32.0 Å². The SMILES string of the molecule is CCN1C(=O)/C(=C\c2cc(C)n(-c3ccc([N+](=O)[O-])cc3)c2C)SC1=Nc1ccc(Br)c(Cl)c1. The molecule has 34 heavy (non-hydrogen) atoms. The minimum Gasteiger partial charge on any atom is -0.318 e. The van der Waals surface area contributed by atoms with Gasteiger partial charge >= 0.3 is 0 Å². The lowest BCUT2D eigenvalue weighted by molar-refractivity contribution is -0.384. The van der Waals surface area contributed by atoms with Gasteiger partial charge in [0.25, 0.3) is 11.6 Å². The summed E-state index contributed by atoms with van der Waals surface area (Å²) >= 11 is 10.9. The van der Waals surface area contributed by atoms with Crippen LogP contribution in [-0.2, 0) is 4.79 Å². The number of likely N-dealkylation sites (N-methyl/N-ethyl adjacent to an activating group) is 1. The predicted octanol–water partition coefficient (Wildman–Crippen LogP) is 7.04. The van der Waals surface area contributed by atoms with E-state index in [1.54, 1.807) is 23.1 Å². The lowest BCUT2D eigenvalue weighted by atomic mass is 10.2. The van der Waals surface area contributed by atoms with Crippen LogP contribution in [0.2, 0.25) is 5.02 Å². The molecule has 0 N–H and O–H groups in total. The van der Waals surface area contributed by atoms with Gasteiger partial charge in [-0.25, -0.2) is 4.99 Å². The lowest BCUT2D eigenvalue weighted by Crippen LogP contribution is -2.28. The van der Waals surface area contributed by atoms with E-state index in [9.17, 15) is 14.9 Å². The van der Waals surface area contributed by atoms with E-state index in [1.165, 1.54) is 23.9 Å². The first-order chi connectivity index (χ1) is 16.2. The van der Waals surface area contributed by atoms with Crippen molar-refractivity contribution >= 4 is 67.8 Å². The van der Waals surface area contributed by atoms with E-state index in [4.69, 9.17) is 11.6 Å². The Kier molecular flexibility index (Phi) is 6.97. The van der Waals surface area contributed by atoms with Crippen LogP contribution in [0.15, 0.2) is 62.9 Å². The molecule has 1 fully saturated rings. The van der Waals surface area contributed by atoms with E-state index in [0.29, 0.717) is 27.3 Å². The van der Waals surface area contributed by atoms with Crippen LogP contribution in [0.3, 0.4) is 0 Å². The van der Waals surface area contributed by atoms with Crippen molar-refractivity contribution in [3.8, 4) is 5.69 Å². The number of benzene rings is 2. The molecule has 4 rings (SSSR count). The summed E-state index contributed by atoms with van der Waals surface area (Å²) in [7, 11) is 0. The summed E-state index contributed by atoms with van der Waals surface area (Å²) in [5.41, 5.74) is 4.32. The average Bonchev–Trinajstić information content (AvgIpc) is 3.25. The first-order valence-electron chi connectivity index (χ1n) is 10.4. The summed E-state index contributed by atoms with van der Waals surface area (Å²) < 4.78 is 2.79. The molecule has 0 unspecified atom stereocenters. The third-order valence-corrected chi connectivity index (χ3v) is 7.65. The molecule has 3 aromatic rings. The Hall–Kier alpha value is -2.88. The van der Waals surface area contributed by atoms with E-state index in [-0.39, 0.29) is 11.6 Å². The maximum atomic E-state index is 13.1. The van der Waals surface area contributed by atoms with E-state index < -0.39 is 4.92 Å². The van der Waals surface area contributed by atoms with E-state index >= 15 is 0 Å². The maximum absolute atomic E-state index is 13.1. The van der Waals surface area contributed by atoms with Crippen molar-refractivity contribution in [1.29, 1.82) is 0 Å². The number of rotatable bonds is 5. The Morgan fingerprint density at radius 2 is 1.88 bits per heavy atom. The van der Waals surface area contributed by atoms with Gasteiger partial charge in [-0.05, 0) is 96.5 Å². The topological polar surface area (TPSA) is 80.7 Å². The second kappa shape index (κ2) is 9.77. The zero-order chi connectivity index (χ0) is 24.6. The molecule has 10 heteroatoms. The number of halogens is 2. The van der Waals surface area contributed by atoms with Crippen LogP contribution < -0.4 is 0 Å². The predicted molar refractivity (Wildman–Crippen MR) is 141 cm³/mol. The first-order valence-corrected chi connectivity index (χ1v) is 12.4. The van der Waals surface area contributed by atoms with Gasteiger partial charge in [0, 0.05) is 40.2 Å². The zero-order valence-electron chi connectivity index (χ0n) is 18.6. The third kappa shape index (κ3) is 4.68. The summed E-state index contributed by atoms with van der Waals surface area (Å²) in [4.78, 5) is 30.5. The molecule has 1 aliphatic heterocycles. The Bertz CT molecular complexity index is 1370. The quantitative estimate of drug-likeness (QED) is 0.191. The second-order valence-electron chi connectivity index (χ2n) is 7.59. The number of aliphatic imine (C=N–C) groups is 1. The van der Waals surface area contributed by atoms with E-state index in [2.05, 4.69) is 20.9 Å². The Morgan fingerprint density at radius 1 is 1.18 bits per heavy atom. The minimum atomic E-state index is -0.418. The van der Waals surface area contributed by atoms with E-state index in [0.717, 1.165) is 27.1 Å². The minimum absolute atomic E-state index is 0.0417. The van der Waals surface area contributed by atoms with Gasteiger partial charge in [0.2, 0.25) is 0 Å². The molecular weight excluding hydrogens is 540 g/mol. The Labute approximate surface area is 214 Å². The highest BCUT2D eigenvalue weighted by atomic mass is 79.9. The number of nitro groups is 1. The number of carbonyl (C=O) groups excluding carboxylic acids is 1. The largest absolute Gasteiger partial charge is 0.318 e. The number of aryl methyl sites for hydroxylation is 1. The molecule has 0 bridgehead atoms. The van der Waals surface area contributed by atoms with Crippen molar-refractivity contribution in [3.63, 3.8) is 0 Å². The molecule has 2 aromatic carbocycles. The molecule has 1 saturated heterocycles. The second-order valence-corrected chi connectivity index (χ2v) is 9.86. The highest BCUT2D eigenvalue weighted by Crippen LogP contribution is 2.36. The maximum Gasteiger partial charge on any atom is 0.269 e. The molecule has 0 radical (unpaired) electrons. The summed E-state index contributed by atoms with van der Waals surface area (Å²) in [5.74, 6) is -0.102. The van der Waals surface area contributed by atoms with Gasteiger partial charge in [-0.3, -0.25) is 19.8 Å². The van der Waals surface area contributed by atoms with Gasteiger partial charge in [0.05, 0.1) is 20.5 Å². The van der Waals surface area contributed by atoms with Crippen LogP contribution in [0, 0.1) is 24.0 Å². The molecule has 0 atom stereocenters. The molecule has 2 heterocycles. The third-order valence-electron chi connectivity index (χ3n) is 5.41. The number of hydrogen-bond acceptors (Lipinski definition) is 5. The number of non-ortho nitro benzene ring substituents is 1. The Balaban J connectivity index is 1.68. The number of nitrogens with zero attached hydrogens (tertiary/aromatic N) is 4. The van der Waals surface area contributed by atoms with Gasteiger partial charge in [-0.2, -0.15) is 0 Å². The van der Waals surface area contributed by atoms with Gasteiger partial charge in [-0.15, -0.1) is 0 Å². The summed E-state index contributed by atoms with van der Waals surface area (Å²) in [5, 5.41) is 12.1. The molecule has 1 amide bonds. The van der Waals surface area contributed by atoms with Crippen molar-refractivity contribution in [2.45, 2.75) is 20.8 Å². The molecule has 0 aliphatic carbocycles. The van der Waals surface area contributed by atoms with Gasteiger partial charge in [0.1, 0.15) is 0 Å². The van der Waals surface area contributed by atoms with Crippen LogP contribution in [0.4, 0.5) is 11.4 Å². The fourth-order valence-electron chi connectivity index (χ4n) is 3.73. The van der Waals surface area contributed by atoms with E-state index in [1.807, 2.05) is 49.6 Å². The number of amidine groups is 1. The Morgan fingerprint density at radius 3 is 2.50 bits per heavy atom. The highest BCUT2D eigenvalue weighted by Gasteiger charge is 2.32. The number of carbonyl (C=O) groups is 1. The molecule has 0 spiro atoms. The number of hydrogen-bond donors (Lipinski definition) is 0. The standard InChI is InChI=1S/C24H20BrClN4O3S/c1-4-28-23(31)22(34-24(28)27-17-5-10-20(25)21(26)13-17)12-16-11-14(2)29(15(16)3)18-6-8-19(9-7-18)30(32)33/h5-13H,4H2,1-3H3/b22-12+,27-24?. The molecule has 1 aliphatic rings. The number of amides is 1. The van der Waals surface area contributed by atoms with Gasteiger partial charge in [0.15, 0.2) is 5.17 Å².